The normalized spacial score (nSPS) is 10.0. The molecule has 2 rings (SSSR count). The second-order valence-electron chi connectivity index (χ2n) is 3.41. The van der Waals surface area contributed by atoms with Crippen molar-refractivity contribution in [2.24, 2.45) is 0 Å². The first-order chi connectivity index (χ1) is 9.11. The van der Waals surface area contributed by atoms with Crippen LogP contribution in [-0.2, 0) is 0 Å². The maximum absolute atomic E-state index is 11.0. The molecule has 2 aromatic rings. The summed E-state index contributed by atoms with van der Waals surface area (Å²) in [6.07, 6.45) is 2.65. The summed E-state index contributed by atoms with van der Waals surface area (Å²) in [6.45, 7) is 0. The van der Waals surface area contributed by atoms with Crippen molar-refractivity contribution in [1.82, 2.24) is 9.97 Å². The van der Waals surface area contributed by atoms with Crippen LogP contribution in [0.1, 0.15) is 10.5 Å². The van der Waals surface area contributed by atoms with Crippen LogP contribution in [0.15, 0.2) is 35.1 Å². The van der Waals surface area contributed by atoms with E-state index >= 15 is 0 Å². The lowest BCUT2D eigenvalue weighted by Crippen LogP contribution is -2.04. The molecule has 1 aromatic heterocycles. The zero-order chi connectivity index (χ0) is 13.8. The van der Waals surface area contributed by atoms with Gasteiger partial charge in [-0.3, -0.25) is 0 Å². The summed E-state index contributed by atoms with van der Waals surface area (Å²) >= 11 is 3.31. The minimum atomic E-state index is -1.20. The highest BCUT2D eigenvalue weighted by atomic mass is 79.9. The quantitative estimate of drug-likeness (QED) is 0.931. The number of rotatable bonds is 4. The molecule has 98 valence electrons. The molecule has 1 N–H and O–H groups in total. The van der Waals surface area contributed by atoms with Crippen LogP contribution >= 0.6 is 15.9 Å². The van der Waals surface area contributed by atoms with Gasteiger partial charge in [-0.15, -0.1) is 0 Å². The molecule has 0 saturated heterocycles. The van der Waals surface area contributed by atoms with Gasteiger partial charge in [0.15, 0.2) is 0 Å². The van der Waals surface area contributed by atoms with Crippen molar-refractivity contribution in [2.75, 3.05) is 7.11 Å². The smallest absolute Gasteiger partial charge is 0.360 e. The standard InChI is InChI=1S/C12H9BrN2O4/c1-18-7-2-3-9(8(13)6-7)19-11-10(12(16)17)14-4-5-15-11/h2-6H,1H3,(H,16,17). The molecule has 0 fully saturated rings. The Balaban J connectivity index is 2.34. The van der Waals surface area contributed by atoms with E-state index in [4.69, 9.17) is 14.6 Å². The summed E-state index contributed by atoms with van der Waals surface area (Å²) in [5, 5.41) is 8.98. The van der Waals surface area contributed by atoms with E-state index < -0.39 is 5.97 Å². The van der Waals surface area contributed by atoms with E-state index in [0.29, 0.717) is 16.0 Å². The minimum Gasteiger partial charge on any atom is -0.497 e. The fourth-order valence-corrected chi connectivity index (χ4v) is 1.78. The fourth-order valence-electron chi connectivity index (χ4n) is 1.34. The third-order valence-corrected chi connectivity index (χ3v) is 2.83. The van der Waals surface area contributed by atoms with Crippen LogP contribution in [-0.4, -0.2) is 28.2 Å². The van der Waals surface area contributed by atoms with Crippen molar-refractivity contribution in [1.29, 1.82) is 0 Å². The van der Waals surface area contributed by atoms with Gasteiger partial charge in [-0.1, -0.05) is 0 Å². The van der Waals surface area contributed by atoms with E-state index in [1.165, 1.54) is 12.4 Å². The lowest BCUT2D eigenvalue weighted by molar-refractivity contribution is 0.0686. The van der Waals surface area contributed by atoms with Crippen LogP contribution in [0.3, 0.4) is 0 Å². The van der Waals surface area contributed by atoms with Crippen molar-refractivity contribution >= 4 is 21.9 Å². The highest BCUT2D eigenvalue weighted by molar-refractivity contribution is 9.10. The molecule has 0 bridgehead atoms. The van der Waals surface area contributed by atoms with Crippen LogP contribution in [0.2, 0.25) is 0 Å². The maximum Gasteiger partial charge on any atom is 0.360 e. The van der Waals surface area contributed by atoms with E-state index in [1.54, 1.807) is 25.3 Å². The number of benzene rings is 1. The number of carboxylic acids is 1. The van der Waals surface area contributed by atoms with Gasteiger partial charge in [-0.2, -0.15) is 0 Å². The SMILES string of the molecule is COc1ccc(Oc2nccnc2C(=O)O)c(Br)c1. The maximum atomic E-state index is 11.0. The first-order valence-corrected chi connectivity index (χ1v) is 5.97. The molecule has 0 unspecified atom stereocenters. The van der Waals surface area contributed by atoms with Crippen molar-refractivity contribution in [2.45, 2.75) is 0 Å². The highest BCUT2D eigenvalue weighted by Gasteiger charge is 2.16. The molecule has 7 heteroatoms. The number of carbonyl (C=O) groups is 1. The number of aromatic carboxylic acids is 1. The van der Waals surface area contributed by atoms with E-state index in [1.807, 2.05) is 0 Å². The van der Waals surface area contributed by atoms with Gasteiger partial charge in [0.25, 0.3) is 5.88 Å². The monoisotopic (exact) mass is 324 g/mol. The molecule has 1 aromatic carbocycles. The number of halogens is 1. The number of aromatic nitrogens is 2. The fraction of sp³-hybridized carbons (Fsp3) is 0.0833. The molecular weight excluding hydrogens is 316 g/mol. The number of nitrogens with zero attached hydrogens (tertiary/aromatic N) is 2. The number of ether oxygens (including phenoxy) is 2. The van der Waals surface area contributed by atoms with Gasteiger partial charge < -0.3 is 14.6 Å². The van der Waals surface area contributed by atoms with Crippen LogP contribution in [0, 0.1) is 0 Å². The van der Waals surface area contributed by atoms with Gasteiger partial charge in [0.05, 0.1) is 11.6 Å². The molecule has 0 aliphatic heterocycles. The molecule has 0 aliphatic carbocycles. The lowest BCUT2D eigenvalue weighted by Gasteiger charge is -2.09. The van der Waals surface area contributed by atoms with Crippen LogP contribution < -0.4 is 9.47 Å². The first-order valence-electron chi connectivity index (χ1n) is 5.17. The van der Waals surface area contributed by atoms with Crippen LogP contribution in [0.25, 0.3) is 0 Å². The lowest BCUT2D eigenvalue weighted by atomic mass is 10.3. The van der Waals surface area contributed by atoms with Crippen molar-refractivity contribution in [3.05, 3.63) is 40.8 Å². The Morgan fingerprint density at radius 3 is 2.68 bits per heavy atom. The molecule has 19 heavy (non-hydrogen) atoms. The zero-order valence-corrected chi connectivity index (χ0v) is 11.4. The Hall–Kier alpha value is -2.15. The van der Waals surface area contributed by atoms with Crippen LogP contribution in [0.4, 0.5) is 0 Å². The first kappa shape index (κ1) is 13.3. The molecule has 0 atom stereocenters. The van der Waals surface area contributed by atoms with Gasteiger partial charge >= 0.3 is 5.97 Å². The zero-order valence-electron chi connectivity index (χ0n) is 9.83. The molecule has 1 heterocycles. The Morgan fingerprint density at radius 2 is 2.05 bits per heavy atom. The molecule has 0 saturated carbocycles. The number of methoxy groups -OCH3 is 1. The molecule has 0 amide bonds. The molecule has 6 nitrogen and oxygen atoms in total. The highest BCUT2D eigenvalue weighted by Crippen LogP contribution is 2.32. The topological polar surface area (TPSA) is 81.5 Å². The van der Waals surface area contributed by atoms with Crippen molar-refractivity contribution in [3.8, 4) is 17.4 Å². The summed E-state index contributed by atoms with van der Waals surface area (Å²) in [5.41, 5.74) is -0.245. The third-order valence-electron chi connectivity index (χ3n) is 2.21. The molecular formula is C12H9BrN2O4. The second kappa shape index (κ2) is 5.66. The molecule has 0 spiro atoms. The summed E-state index contributed by atoms with van der Waals surface area (Å²) in [6, 6.07) is 5.03. The predicted octanol–water partition coefficient (Wildman–Crippen LogP) is 2.74. The number of hydrogen-bond donors (Lipinski definition) is 1. The average molecular weight is 325 g/mol. The summed E-state index contributed by atoms with van der Waals surface area (Å²) < 4.78 is 11.1. The summed E-state index contributed by atoms with van der Waals surface area (Å²) in [7, 11) is 1.55. The van der Waals surface area contributed by atoms with Crippen LogP contribution in [0.5, 0.6) is 17.4 Å². The van der Waals surface area contributed by atoms with Gasteiger partial charge in [0, 0.05) is 12.4 Å². The molecule has 0 aliphatic rings. The van der Waals surface area contributed by atoms with Crippen molar-refractivity contribution in [3.63, 3.8) is 0 Å². The largest absolute Gasteiger partial charge is 0.497 e. The van der Waals surface area contributed by atoms with Gasteiger partial charge in [-0.25, -0.2) is 14.8 Å². The second-order valence-corrected chi connectivity index (χ2v) is 4.27. The van der Waals surface area contributed by atoms with Crippen molar-refractivity contribution < 1.29 is 19.4 Å². The third kappa shape index (κ3) is 3.00. The number of hydrogen-bond acceptors (Lipinski definition) is 5. The van der Waals surface area contributed by atoms with Gasteiger partial charge in [-0.05, 0) is 34.1 Å². The predicted molar refractivity (Wildman–Crippen MR) is 69.8 cm³/mol. The Bertz CT molecular complexity index is 618. The van der Waals surface area contributed by atoms with E-state index in [0.717, 1.165) is 0 Å². The van der Waals surface area contributed by atoms with E-state index in [-0.39, 0.29) is 11.6 Å². The number of carboxylic acid groups (broad SMARTS) is 1. The summed E-state index contributed by atoms with van der Waals surface area (Å²) in [4.78, 5) is 18.6. The Labute approximate surface area is 117 Å². The Morgan fingerprint density at radius 1 is 1.32 bits per heavy atom. The Kier molecular flexibility index (Phi) is 3.96. The van der Waals surface area contributed by atoms with Gasteiger partial charge in [0.2, 0.25) is 5.69 Å². The minimum absolute atomic E-state index is 0.0686. The van der Waals surface area contributed by atoms with E-state index in [9.17, 15) is 4.79 Å². The molecule has 0 radical (unpaired) electrons. The van der Waals surface area contributed by atoms with E-state index in [2.05, 4.69) is 25.9 Å². The summed E-state index contributed by atoms with van der Waals surface area (Å²) in [5.74, 6) is -0.200. The van der Waals surface area contributed by atoms with Gasteiger partial charge in [0.1, 0.15) is 11.5 Å². The average Bonchev–Trinajstić information content (AvgIpc) is 2.41.